The summed E-state index contributed by atoms with van der Waals surface area (Å²) in [6, 6.07) is 12.8. The van der Waals surface area contributed by atoms with Crippen LogP contribution in [0.3, 0.4) is 0 Å². The summed E-state index contributed by atoms with van der Waals surface area (Å²) in [5.41, 5.74) is -2.78. The number of nitro benzene ring substituents is 1. The van der Waals surface area contributed by atoms with E-state index in [1.54, 1.807) is 30.3 Å². The summed E-state index contributed by atoms with van der Waals surface area (Å²) in [7, 11) is 0. The van der Waals surface area contributed by atoms with Crippen LogP contribution in [-0.2, 0) is 4.79 Å². The number of nitro groups is 2. The predicted octanol–water partition coefficient (Wildman–Crippen LogP) is 3.09. The number of carbonyl (C=O) groups is 1. The second-order valence-corrected chi connectivity index (χ2v) is 6.27. The first-order chi connectivity index (χ1) is 13.2. The number of para-hydroxylation sites is 1. The van der Waals surface area contributed by atoms with Crippen LogP contribution in [0.15, 0.2) is 59.7 Å². The lowest BCUT2D eigenvalue weighted by molar-refractivity contribution is -0.485. The van der Waals surface area contributed by atoms with Gasteiger partial charge >= 0.3 is 0 Å². The van der Waals surface area contributed by atoms with E-state index in [1.165, 1.54) is 19.1 Å². The van der Waals surface area contributed by atoms with Crippen molar-refractivity contribution in [2.24, 2.45) is 5.10 Å². The zero-order valence-electron chi connectivity index (χ0n) is 14.7. The minimum absolute atomic E-state index is 0.0996. The minimum atomic E-state index is -2.75. The molecule has 10 heteroatoms. The zero-order chi connectivity index (χ0) is 20.5. The van der Waals surface area contributed by atoms with Crippen LogP contribution in [0, 0.1) is 20.2 Å². The van der Waals surface area contributed by atoms with Crippen molar-refractivity contribution in [2.45, 2.75) is 18.5 Å². The molecule has 0 radical (unpaired) electrons. The van der Waals surface area contributed by atoms with Gasteiger partial charge in [-0.15, -0.1) is 0 Å². The standard InChI is InChI=1S/C18H15FN4O5/c1-12-18(19,17(24)22(20-12)14-5-3-2-4-6-14)16(11-21(25)26)13-7-9-15(10-8-13)23(27)28/h2-10,16H,11H2,1H3/t16-,18-/m1/s1. The molecule has 0 aromatic heterocycles. The van der Waals surface area contributed by atoms with E-state index < -0.39 is 33.9 Å². The Hall–Kier alpha value is -3.69. The Kier molecular flexibility index (Phi) is 4.87. The summed E-state index contributed by atoms with van der Waals surface area (Å²) in [5, 5.41) is 26.9. The smallest absolute Gasteiger partial charge is 0.268 e. The van der Waals surface area contributed by atoms with E-state index >= 15 is 4.39 Å². The molecule has 28 heavy (non-hydrogen) atoms. The fraction of sp³-hybridized carbons (Fsp3) is 0.222. The first-order valence-corrected chi connectivity index (χ1v) is 8.25. The lowest BCUT2D eigenvalue weighted by Crippen LogP contribution is -2.49. The Labute approximate surface area is 158 Å². The first kappa shape index (κ1) is 19.1. The van der Waals surface area contributed by atoms with Crippen LogP contribution in [0.2, 0.25) is 0 Å². The molecule has 0 saturated heterocycles. The third-order valence-corrected chi connectivity index (χ3v) is 4.60. The summed E-state index contributed by atoms with van der Waals surface area (Å²) >= 11 is 0. The third kappa shape index (κ3) is 3.20. The monoisotopic (exact) mass is 386 g/mol. The van der Waals surface area contributed by atoms with Crippen molar-refractivity contribution in [1.82, 2.24) is 0 Å². The van der Waals surface area contributed by atoms with Gasteiger partial charge in [0.15, 0.2) is 0 Å². The van der Waals surface area contributed by atoms with Crippen LogP contribution in [0.4, 0.5) is 15.8 Å². The molecular weight excluding hydrogens is 371 g/mol. The highest BCUT2D eigenvalue weighted by Crippen LogP contribution is 2.40. The van der Waals surface area contributed by atoms with Crippen molar-refractivity contribution >= 4 is 23.0 Å². The number of hydrazone groups is 1. The average molecular weight is 386 g/mol. The van der Waals surface area contributed by atoms with Crippen LogP contribution in [0.5, 0.6) is 0 Å². The molecular formula is C18H15FN4O5. The van der Waals surface area contributed by atoms with Gasteiger partial charge in [-0.3, -0.25) is 25.0 Å². The van der Waals surface area contributed by atoms with Gasteiger partial charge < -0.3 is 0 Å². The van der Waals surface area contributed by atoms with E-state index in [0.29, 0.717) is 5.69 Å². The highest BCUT2D eigenvalue weighted by atomic mass is 19.1. The predicted molar refractivity (Wildman–Crippen MR) is 98.6 cm³/mol. The Morgan fingerprint density at radius 1 is 1.11 bits per heavy atom. The van der Waals surface area contributed by atoms with E-state index in [2.05, 4.69) is 5.10 Å². The summed E-state index contributed by atoms with van der Waals surface area (Å²) in [6.07, 6.45) is 0. The van der Waals surface area contributed by atoms with Crippen LogP contribution >= 0.6 is 0 Å². The Bertz CT molecular complexity index is 964. The molecule has 0 N–H and O–H groups in total. The summed E-state index contributed by atoms with van der Waals surface area (Å²) in [5.74, 6) is -2.53. The molecule has 0 fully saturated rings. The van der Waals surface area contributed by atoms with E-state index in [-0.39, 0.29) is 17.0 Å². The Balaban J connectivity index is 2.04. The van der Waals surface area contributed by atoms with Gasteiger partial charge in [0.25, 0.3) is 11.6 Å². The lowest BCUT2D eigenvalue weighted by atomic mass is 9.80. The molecule has 2 atom stereocenters. The van der Waals surface area contributed by atoms with Crippen molar-refractivity contribution in [3.05, 3.63) is 80.4 Å². The second kappa shape index (κ2) is 7.14. The molecule has 9 nitrogen and oxygen atoms in total. The Morgan fingerprint density at radius 3 is 2.25 bits per heavy atom. The SMILES string of the molecule is CC1=NN(c2ccccc2)C(=O)[C@]1(F)[C@H](C[N+](=O)[O-])c1ccc([N+](=O)[O-])cc1. The number of alkyl halides is 1. The Morgan fingerprint density at radius 2 is 1.71 bits per heavy atom. The molecule has 1 aliphatic heterocycles. The number of hydrogen-bond donors (Lipinski definition) is 0. The number of carbonyl (C=O) groups excluding carboxylic acids is 1. The van der Waals surface area contributed by atoms with E-state index in [4.69, 9.17) is 0 Å². The quantitative estimate of drug-likeness (QED) is 0.558. The number of hydrogen-bond acceptors (Lipinski definition) is 6. The van der Waals surface area contributed by atoms with Gasteiger partial charge in [-0.25, -0.2) is 4.39 Å². The molecule has 2 aromatic rings. The maximum absolute atomic E-state index is 16.0. The van der Waals surface area contributed by atoms with Crippen molar-refractivity contribution in [1.29, 1.82) is 0 Å². The van der Waals surface area contributed by atoms with Crippen molar-refractivity contribution in [3.8, 4) is 0 Å². The fourth-order valence-electron chi connectivity index (χ4n) is 3.16. The number of nitrogens with zero attached hydrogens (tertiary/aromatic N) is 4. The molecule has 1 amide bonds. The number of benzene rings is 2. The number of amides is 1. The minimum Gasteiger partial charge on any atom is -0.268 e. The topological polar surface area (TPSA) is 119 Å². The van der Waals surface area contributed by atoms with Crippen molar-refractivity contribution in [3.63, 3.8) is 0 Å². The van der Waals surface area contributed by atoms with Crippen LogP contribution < -0.4 is 5.01 Å². The van der Waals surface area contributed by atoms with Gasteiger partial charge in [-0.2, -0.15) is 10.1 Å². The molecule has 0 aliphatic carbocycles. The lowest BCUT2D eigenvalue weighted by Gasteiger charge is -2.27. The molecule has 0 bridgehead atoms. The van der Waals surface area contributed by atoms with Crippen LogP contribution in [0.25, 0.3) is 0 Å². The third-order valence-electron chi connectivity index (χ3n) is 4.60. The summed E-state index contributed by atoms with van der Waals surface area (Å²) < 4.78 is 16.0. The zero-order valence-corrected chi connectivity index (χ0v) is 14.7. The van der Waals surface area contributed by atoms with E-state index in [1.807, 2.05) is 0 Å². The van der Waals surface area contributed by atoms with Crippen LogP contribution in [0.1, 0.15) is 18.4 Å². The second-order valence-electron chi connectivity index (χ2n) is 6.27. The van der Waals surface area contributed by atoms with Gasteiger partial charge in [-0.05, 0) is 24.6 Å². The van der Waals surface area contributed by atoms with Gasteiger partial charge in [0, 0.05) is 17.1 Å². The summed E-state index contributed by atoms with van der Waals surface area (Å²) in [6.45, 7) is 0.411. The van der Waals surface area contributed by atoms with Crippen molar-refractivity contribution in [2.75, 3.05) is 11.6 Å². The molecule has 0 unspecified atom stereocenters. The molecule has 2 aromatic carbocycles. The molecule has 0 saturated carbocycles. The largest absolute Gasteiger partial charge is 0.291 e. The van der Waals surface area contributed by atoms with Crippen molar-refractivity contribution < 1.29 is 19.0 Å². The average Bonchev–Trinajstić information content (AvgIpc) is 2.91. The number of rotatable bonds is 6. The fourth-order valence-corrected chi connectivity index (χ4v) is 3.16. The first-order valence-electron chi connectivity index (χ1n) is 8.25. The maximum Gasteiger partial charge on any atom is 0.291 e. The van der Waals surface area contributed by atoms with Gasteiger partial charge in [0.2, 0.25) is 12.2 Å². The molecule has 144 valence electrons. The van der Waals surface area contributed by atoms with E-state index in [0.717, 1.165) is 17.1 Å². The highest BCUT2D eigenvalue weighted by Gasteiger charge is 2.58. The van der Waals surface area contributed by atoms with Gasteiger partial charge in [0.1, 0.15) is 0 Å². The highest BCUT2D eigenvalue weighted by molar-refractivity contribution is 6.22. The molecule has 0 spiro atoms. The van der Waals surface area contributed by atoms with Gasteiger partial charge in [0.05, 0.1) is 22.2 Å². The normalized spacial score (nSPS) is 20.0. The van der Waals surface area contributed by atoms with Crippen LogP contribution in [-0.4, -0.2) is 33.7 Å². The number of halogens is 1. The van der Waals surface area contributed by atoms with Gasteiger partial charge in [-0.1, -0.05) is 30.3 Å². The number of anilines is 1. The van der Waals surface area contributed by atoms with E-state index in [9.17, 15) is 25.0 Å². The maximum atomic E-state index is 16.0. The summed E-state index contributed by atoms with van der Waals surface area (Å²) in [4.78, 5) is 33.6. The molecule has 1 aliphatic rings. The molecule has 1 heterocycles. The number of non-ortho nitro benzene ring substituents is 1. The molecule has 3 rings (SSSR count).